The van der Waals surface area contributed by atoms with E-state index in [2.05, 4.69) is 4.98 Å². The molecule has 0 bridgehead atoms. The lowest BCUT2D eigenvalue weighted by Gasteiger charge is -2.33. The number of esters is 2. The Morgan fingerprint density at radius 3 is 2.88 bits per heavy atom. The van der Waals surface area contributed by atoms with Gasteiger partial charge in [0.05, 0.1) is 25.0 Å². The molecule has 0 radical (unpaired) electrons. The molecule has 1 aliphatic rings. The minimum atomic E-state index is -0.430. The minimum absolute atomic E-state index is 0.181. The van der Waals surface area contributed by atoms with Gasteiger partial charge in [-0.25, -0.2) is 4.79 Å². The molecular weight excluding hydrogens is 322 g/mol. The molecule has 0 amide bonds. The molecule has 0 spiro atoms. The fraction of sp³-hybridized carbons (Fsp3) is 0.316. The molecule has 3 rings (SSSR count). The van der Waals surface area contributed by atoms with Crippen LogP contribution in [0.25, 0.3) is 11.3 Å². The highest BCUT2D eigenvalue weighted by atomic mass is 16.6. The fourth-order valence-corrected chi connectivity index (χ4v) is 2.94. The van der Waals surface area contributed by atoms with Crippen LogP contribution >= 0.6 is 0 Å². The van der Waals surface area contributed by atoms with E-state index in [1.54, 1.807) is 18.3 Å². The summed E-state index contributed by atoms with van der Waals surface area (Å²) in [5.74, 6) is -1.18. The summed E-state index contributed by atoms with van der Waals surface area (Å²) in [5, 5.41) is 9.17. The summed E-state index contributed by atoms with van der Waals surface area (Å²) >= 11 is 0. The largest absolute Gasteiger partial charge is 0.465 e. The molecule has 1 N–H and O–H groups in total. The number of benzene rings is 1. The van der Waals surface area contributed by atoms with Gasteiger partial charge in [0.1, 0.15) is 12.0 Å². The molecule has 6 nitrogen and oxygen atoms in total. The van der Waals surface area contributed by atoms with E-state index in [4.69, 9.17) is 14.6 Å². The van der Waals surface area contributed by atoms with Crippen LogP contribution in [0.4, 0.5) is 0 Å². The Balaban J connectivity index is 1.76. The highest BCUT2D eigenvalue weighted by molar-refractivity contribution is 5.96. The van der Waals surface area contributed by atoms with Gasteiger partial charge in [0.15, 0.2) is 0 Å². The number of pyridine rings is 1. The Labute approximate surface area is 145 Å². The maximum atomic E-state index is 11.9. The number of hydrogen-bond acceptors (Lipinski definition) is 6. The predicted molar refractivity (Wildman–Crippen MR) is 89.8 cm³/mol. The number of aliphatic hydroxyl groups excluding tert-OH is 1. The normalized spacial score (nSPS) is 19.0. The summed E-state index contributed by atoms with van der Waals surface area (Å²) < 4.78 is 9.88. The van der Waals surface area contributed by atoms with E-state index in [1.165, 1.54) is 7.11 Å². The number of carbonyl (C=O) groups excluding carboxylic acids is 2. The summed E-state index contributed by atoms with van der Waals surface area (Å²) in [7, 11) is 1.34. The Kier molecular flexibility index (Phi) is 5.09. The molecule has 6 heteroatoms. The van der Waals surface area contributed by atoms with Crippen molar-refractivity contribution in [1.29, 1.82) is 0 Å². The number of aromatic nitrogens is 1. The fourth-order valence-electron chi connectivity index (χ4n) is 2.94. The van der Waals surface area contributed by atoms with E-state index in [0.29, 0.717) is 24.1 Å². The van der Waals surface area contributed by atoms with Crippen LogP contribution < -0.4 is 0 Å². The lowest BCUT2D eigenvalue weighted by molar-refractivity contribution is -0.188. The third-order valence-corrected chi connectivity index (χ3v) is 4.35. The minimum Gasteiger partial charge on any atom is -0.465 e. The summed E-state index contributed by atoms with van der Waals surface area (Å²) in [6.45, 7) is -0.181. The molecule has 1 aliphatic heterocycles. The quantitative estimate of drug-likeness (QED) is 0.809. The van der Waals surface area contributed by atoms with Crippen molar-refractivity contribution in [3.63, 3.8) is 0 Å². The van der Waals surface area contributed by atoms with E-state index in [0.717, 1.165) is 11.1 Å². The number of ether oxygens (including phenoxy) is 2. The molecule has 2 heterocycles. The zero-order valence-electron chi connectivity index (χ0n) is 13.8. The molecule has 2 aromatic rings. The van der Waals surface area contributed by atoms with Gasteiger partial charge in [0.25, 0.3) is 0 Å². The lowest BCUT2D eigenvalue weighted by atomic mass is 9.92. The lowest BCUT2D eigenvalue weighted by Crippen LogP contribution is -2.47. The van der Waals surface area contributed by atoms with Gasteiger partial charge < -0.3 is 14.6 Å². The van der Waals surface area contributed by atoms with Crippen LogP contribution in [0.2, 0.25) is 0 Å². The average molecular weight is 341 g/mol. The van der Waals surface area contributed by atoms with E-state index >= 15 is 0 Å². The zero-order chi connectivity index (χ0) is 17.8. The van der Waals surface area contributed by atoms with Gasteiger partial charge in [0, 0.05) is 11.8 Å². The van der Waals surface area contributed by atoms with Crippen LogP contribution in [0.1, 0.15) is 22.3 Å². The van der Waals surface area contributed by atoms with Crippen molar-refractivity contribution < 1.29 is 24.2 Å². The van der Waals surface area contributed by atoms with Crippen LogP contribution in [0, 0.1) is 5.92 Å². The Hall–Kier alpha value is -2.73. The summed E-state index contributed by atoms with van der Waals surface area (Å²) in [5.41, 5.74) is 2.84. The van der Waals surface area contributed by atoms with Gasteiger partial charge in [-0.05, 0) is 36.6 Å². The number of rotatable bonds is 6. The third kappa shape index (κ3) is 3.53. The third-order valence-electron chi connectivity index (χ3n) is 4.35. The maximum absolute atomic E-state index is 11.9. The van der Waals surface area contributed by atoms with Crippen molar-refractivity contribution in [1.82, 2.24) is 4.98 Å². The smallest absolute Gasteiger partial charge is 0.340 e. The van der Waals surface area contributed by atoms with Crippen molar-refractivity contribution in [2.45, 2.75) is 18.9 Å². The molecule has 0 aliphatic carbocycles. The van der Waals surface area contributed by atoms with Crippen molar-refractivity contribution >= 4 is 11.9 Å². The molecule has 0 unspecified atom stereocenters. The Morgan fingerprint density at radius 2 is 2.16 bits per heavy atom. The van der Waals surface area contributed by atoms with E-state index in [-0.39, 0.29) is 18.7 Å². The number of carbonyl (C=O) groups is 2. The molecular formula is C19H19NO5. The van der Waals surface area contributed by atoms with Crippen LogP contribution in [-0.2, 0) is 20.7 Å². The van der Waals surface area contributed by atoms with Crippen LogP contribution in [0.5, 0.6) is 0 Å². The first-order chi connectivity index (χ1) is 12.1. The molecule has 1 aromatic heterocycles. The maximum Gasteiger partial charge on any atom is 0.340 e. The first kappa shape index (κ1) is 17.1. The number of hydrogen-bond donors (Lipinski definition) is 1. The number of cyclic esters (lactones) is 1. The van der Waals surface area contributed by atoms with Crippen molar-refractivity contribution in [2.75, 3.05) is 13.7 Å². The first-order valence-electron chi connectivity index (χ1n) is 8.08. The second-order valence-electron chi connectivity index (χ2n) is 5.89. The number of aliphatic hydroxyl groups is 1. The van der Waals surface area contributed by atoms with E-state index < -0.39 is 11.9 Å². The second-order valence-corrected chi connectivity index (χ2v) is 5.89. The number of methoxy groups -OCH3 is 1. The molecule has 1 saturated heterocycles. The molecule has 1 fully saturated rings. The number of nitrogens with zero attached hydrogens (tertiary/aromatic N) is 1. The van der Waals surface area contributed by atoms with Gasteiger partial charge in [-0.3, -0.25) is 9.78 Å². The summed E-state index contributed by atoms with van der Waals surface area (Å²) in [6, 6.07) is 11.1. The Bertz CT molecular complexity index is 789. The topological polar surface area (TPSA) is 85.7 Å². The monoisotopic (exact) mass is 341 g/mol. The van der Waals surface area contributed by atoms with Crippen LogP contribution in [0.15, 0.2) is 42.6 Å². The van der Waals surface area contributed by atoms with Gasteiger partial charge in [-0.1, -0.05) is 18.2 Å². The van der Waals surface area contributed by atoms with Crippen molar-refractivity contribution in [3.8, 4) is 11.3 Å². The average Bonchev–Trinajstić information content (AvgIpc) is 2.64. The molecule has 25 heavy (non-hydrogen) atoms. The molecule has 1 aromatic carbocycles. The van der Waals surface area contributed by atoms with E-state index in [9.17, 15) is 9.59 Å². The summed E-state index contributed by atoms with van der Waals surface area (Å²) in [4.78, 5) is 27.5. The first-order valence-corrected chi connectivity index (χ1v) is 8.08. The van der Waals surface area contributed by atoms with Gasteiger partial charge in [-0.15, -0.1) is 0 Å². The molecule has 2 atom stereocenters. The standard InChI is InChI=1S/C19H19NO5/c1-24-18(22)14-6-3-9-20-17(14)13-5-2-4-12(10-13)7-8-16-15(11-21)19(23)25-16/h2-6,9-10,15-16,21H,7-8,11H2,1H3/t15-,16-/m1/s1. The second kappa shape index (κ2) is 7.44. The highest BCUT2D eigenvalue weighted by Crippen LogP contribution is 2.27. The molecule has 0 saturated carbocycles. The number of aryl methyl sites for hydroxylation is 1. The van der Waals surface area contributed by atoms with Crippen molar-refractivity contribution in [2.24, 2.45) is 5.92 Å². The van der Waals surface area contributed by atoms with Gasteiger partial charge in [0.2, 0.25) is 0 Å². The van der Waals surface area contributed by atoms with Gasteiger partial charge >= 0.3 is 11.9 Å². The van der Waals surface area contributed by atoms with Crippen LogP contribution in [0.3, 0.4) is 0 Å². The van der Waals surface area contributed by atoms with Gasteiger partial charge in [-0.2, -0.15) is 0 Å². The highest BCUT2D eigenvalue weighted by Gasteiger charge is 2.41. The van der Waals surface area contributed by atoms with Crippen LogP contribution in [-0.4, -0.2) is 41.8 Å². The zero-order valence-corrected chi connectivity index (χ0v) is 13.8. The SMILES string of the molecule is COC(=O)c1cccnc1-c1cccc(CC[C@H]2OC(=O)[C@@H]2CO)c1. The summed E-state index contributed by atoms with van der Waals surface area (Å²) in [6.07, 6.45) is 2.74. The van der Waals surface area contributed by atoms with Crippen molar-refractivity contribution in [3.05, 3.63) is 53.7 Å². The Morgan fingerprint density at radius 1 is 1.32 bits per heavy atom. The van der Waals surface area contributed by atoms with E-state index in [1.807, 2.05) is 24.3 Å². The molecule has 130 valence electrons. The predicted octanol–water partition coefficient (Wildman–Crippen LogP) is 2.00.